The fraction of sp³-hybridized carbons (Fsp3) is 0.625. The van der Waals surface area contributed by atoms with Crippen LogP contribution in [0.4, 0.5) is 8.78 Å². The fourth-order valence-corrected chi connectivity index (χ4v) is 2.67. The van der Waals surface area contributed by atoms with Crippen molar-refractivity contribution in [2.75, 3.05) is 0 Å². The summed E-state index contributed by atoms with van der Waals surface area (Å²) in [6.07, 6.45) is -2.22. The maximum atomic E-state index is 14.0. The van der Waals surface area contributed by atoms with Crippen LogP contribution in [-0.4, -0.2) is 15.1 Å². The van der Waals surface area contributed by atoms with E-state index in [4.69, 9.17) is 4.74 Å². The van der Waals surface area contributed by atoms with Crippen molar-refractivity contribution in [1.29, 1.82) is 0 Å². The Morgan fingerprint density at radius 3 is 2.50 bits per heavy atom. The standard InChI is InChI=1S/C16H23F2NO2S/c1-11(19-22(20)15(2,3)4)12-6-5-7-13(10-12)16(17,18)21-14-8-9-14/h5-7,10-11,14,19H,8-9H2,1-4H3/t11-,22?/m1/s1. The van der Waals surface area contributed by atoms with Crippen LogP contribution in [0.5, 0.6) is 0 Å². The Labute approximate surface area is 133 Å². The summed E-state index contributed by atoms with van der Waals surface area (Å²) < 4.78 is 47.5. The van der Waals surface area contributed by atoms with Gasteiger partial charge in [0, 0.05) is 6.04 Å². The van der Waals surface area contributed by atoms with E-state index in [9.17, 15) is 13.0 Å². The van der Waals surface area contributed by atoms with Crippen LogP contribution < -0.4 is 4.72 Å². The predicted molar refractivity (Wildman–Crippen MR) is 83.9 cm³/mol. The zero-order chi connectivity index (χ0) is 16.5. The molecule has 0 heterocycles. The average molecular weight is 331 g/mol. The number of nitrogens with one attached hydrogen (secondary N) is 1. The molecule has 1 aliphatic carbocycles. The zero-order valence-corrected chi connectivity index (χ0v) is 14.2. The van der Waals surface area contributed by atoms with Gasteiger partial charge in [0.2, 0.25) is 0 Å². The normalized spacial score (nSPS) is 19.0. The average Bonchev–Trinajstić information content (AvgIpc) is 3.21. The third-order valence-electron chi connectivity index (χ3n) is 3.40. The summed E-state index contributed by atoms with van der Waals surface area (Å²) >= 11 is 0. The fourth-order valence-electron chi connectivity index (χ4n) is 1.86. The molecule has 0 amide bonds. The summed E-state index contributed by atoms with van der Waals surface area (Å²) in [6, 6.07) is 5.80. The van der Waals surface area contributed by atoms with Gasteiger partial charge in [0.25, 0.3) is 0 Å². The molecule has 22 heavy (non-hydrogen) atoms. The highest BCUT2D eigenvalue weighted by Gasteiger charge is 2.40. The molecule has 6 heteroatoms. The lowest BCUT2D eigenvalue weighted by atomic mass is 10.1. The third-order valence-corrected chi connectivity index (χ3v) is 5.08. The van der Waals surface area contributed by atoms with Gasteiger partial charge in [-0.2, -0.15) is 8.78 Å². The van der Waals surface area contributed by atoms with Crippen LogP contribution in [0.3, 0.4) is 0 Å². The smallest absolute Gasteiger partial charge is 0.313 e. The van der Waals surface area contributed by atoms with E-state index < -0.39 is 21.8 Å². The van der Waals surface area contributed by atoms with Crippen molar-refractivity contribution in [2.24, 2.45) is 0 Å². The van der Waals surface area contributed by atoms with Crippen LogP contribution in [0, 0.1) is 0 Å². The molecule has 0 aromatic heterocycles. The van der Waals surface area contributed by atoms with E-state index in [1.54, 1.807) is 12.1 Å². The first-order chi connectivity index (χ1) is 10.1. The Morgan fingerprint density at radius 2 is 1.95 bits per heavy atom. The lowest BCUT2D eigenvalue weighted by Gasteiger charge is -2.23. The van der Waals surface area contributed by atoms with E-state index in [-0.39, 0.29) is 17.7 Å². The summed E-state index contributed by atoms with van der Waals surface area (Å²) in [6.45, 7) is 7.38. The zero-order valence-electron chi connectivity index (χ0n) is 13.4. The molecular weight excluding hydrogens is 308 g/mol. The van der Waals surface area contributed by atoms with E-state index >= 15 is 0 Å². The van der Waals surface area contributed by atoms with Crippen LogP contribution in [0.1, 0.15) is 57.7 Å². The molecule has 1 fully saturated rings. The van der Waals surface area contributed by atoms with Gasteiger partial charge >= 0.3 is 6.11 Å². The molecule has 0 saturated heterocycles. The van der Waals surface area contributed by atoms with Crippen molar-refractivity contribution in [3.8, 4) is 0 Å². The molecule has 1 aromatic carbocycles. The number of hydrogen-bond donors (Lipinski definition) is 1. The lowest BCUT2D eigenvalue weighted by molar-refractivity contribution is -0.255. The van der Waals surface area contributed by atoms with Crippen molar-refractivity contribution >= 4 is 11.0 Å². The van der Waals surface area contributed by atoms with Crippen molar-refractivity contribution in [3.05, 3.63) is 35.4 Å². The highest BCUT2D eigenvalue weighted by atomic mass is 32.2. The second kappa shape index (κ2) is 6.34. The van der Waals surface area contributed by atoms with Crippen molar-refractivity contribution in [3.63, 3.8) is 0 Å². The van der Waals surface area contributed by atoms with Crippen LogP contribution in [0.2, 0.25) is 0 Å². The van der Waals surface area contributed by atoms with Gasteiger partial charge in [0.15, 0.2) is 0 Å². The summed E-state index contributed by atoms with van der Waals surface area (Å²) in [5, 5.41) is 0. The number of rotatable bonds is 6. The third kappa shape index (κ3) is 4.57. The number of ether oxygens (including phenoxy) is 1. The maximum absolute atomic E-state index is 14.0. The first-order valence-electron chi connectivity index (χ1n) is 7.44. The number of hydrogen-bond acceptors (Lipinski definition) is 2. The van der Waals surface area contributed by atoms with Gasteiger partial charge in [-0.05, 0) is 52.2 Å². The molecule has 0 bridgehead atoms. The largest absolute Gasteiger partial charge is 0.383 e. The molecule has 2 rings (SSSR count). The molecule has 1 aliphatic rings. The molecular formula is C16H23F2NO2S. The molecule has 0 aliphatic heterocycles. The van der Waals surface area contributed by atoms with Crippen molar-refractivity contribution < 1.29 is 17.7 Å². The van der Waals surface area contributed by atoms with E-state index in [2.05, 4.69) is 4.72 Å². The van der Waals surface area contributed by atoms with Gasteiger partial charge in [-0.3, -0.25) is 0 Å². The van der Waals surface area contributed by atoms with Gasteiger partial charge in [0.05, 0.1) is 27.4 Å². The minimum Gasteiger partial charge on any atom is -0.313 e. The molecule has 1 unspecified atom stereocenters. The molecule has 1 N–H and O–H groups in total. The second-order valence-corrected chi connectivity index (χ2v) is 8.68. The van der Waals surface area contributed by atoms with Crippen LogP contribution in [-0.2, 0) is 21.8 Å². The van der Waals surface area contributed by atoms with Gasteiger partial charge < -0.3 is 4.74 Å². The predicted octanol–water partition coefficient (Wildman–Crippen LogP) is 4.03. The van der Waals surface area contributed by atoms with E-state index in [1.165, 1.54) is 12.1 Å². The van der Waals surface area contributed by atoms with E-state index in [1.807, 2.05) is 27.7 Å². The summed E-state index contributed by atoms with van der Waals surface area (Å²) in [5.74, 6) is 0. The summed E-state index contributed by atoms with van der Waals surface area (Å²) in [7, 11) is -1.26. The first-order valence-corrected chi connectivity index (χ1v) is 8.59. The van der Waals surface area contributed by atoms with Gasteiger partial charge in [0.1, 0.15) is 0 Å². The van der Waals surface area contributed by atoms with Crippen molar-refractivity contribution in [2.45, 2.75) is 63.5 Å². The highest BCUT2D eigenvalue weighted by molar-refractivity contribution is 7.84. The van der Waals surface area contributed by atoms with Crippen LogP contribution in [0.15, 0.2) is 24.3 Å². The molecule has 1 saturated carbocycles. The summed E-state index contributed by atoms with van der Waals surface area (Å²) in [4.78, 5) is 0. The first kappa shape index (κ1) is 17.5. The van der Waals surface area contributed by atoms with Crippen LogP contribution >= 0.6 is 0 Å². The Bertz CT molecular complexity index is 553. The number of alkyl halides is 2. The quantitative estimate of drug-likeness (QED) is 0.855. The van der Waals surface area contributed by atoms with Gasteiger partial charge in [-0.15, -0.1) is 0 Å². The molecule has 124 valence electrons. The Balaban J connectivity index is 2.11. The van der Waals surface area contributed by atoms with Crippen LogP contribution in [0.25, 0.3) is 0 Å². The number of benzene rings is 1. The minimum absolute atomic E-state index is 0.160. The molecule has 3 nitrogen and oxygen atoms in total. The lowest BCUT2D eigenvalue weighted by Crippen LogP contribution is -2.34. The SMILES string of the molecule is C[C@@H](NS(=O)C(C)(C)C)c1cccc(C(F)(F)OC2CC2)c1. The monoisotopic (exact) mass is 331 g/mol. The highest BCUT2D eigenvalue weighted by Crippen LogP contribution is 2.38. The van der Waals surface area contributed by atoms with E-state index in [0.29, 0.717) is 18.4 Å². The molecule has 0 radical (unpaired) electrons. The maximum Gasteiger partial charge on any atom is 0.383 e. The second-order valence-electron chi connectivity index (χ2n) is 6.68. The van der Waals surface area contributed by atoms with E-state index in [0.717, 1.165) is 0 Å². The van der Waals surface area contributed by atoms with Crippen molar-refractivity contribution in [1.82, 2.24) is 4.72 Å². The molecule has 0 spiro atoms. The Morgan fingerprint density at radius 1 is 1.32 bits per heavy atom. The minimum atomic E-state index is -3.28. The number of halogens is 2. The molecule has 2 atom stereocenters. The topological polar surface area (TPSA) is 38.3 Å². The van der Waals surface area contributed by atoms with Gasteiger partial charge in [-0.1, -0.05) is 18.2 Å². The Hall–Kier alpha value is -0.850. The van der Waals surface area contributed by atoms with Gasteiger partial charge in [-0.25, -0.2) is 8.93 Å². The molecule has 1 aromatic rings. The summed E-state index contributed by atoms with van der Waals surface area (Å²) in [5.41, 5.74) is 0.501. The Kier molecular flexibility index (Phi) is 5.04.